The van der Waals surface area contributed by atoms with Crippen molar-refractivity contribution in [3.05, 3.63) is 64.9 Å². The van der Waals surface area contributed by atoms with Gasteiger partial charge in [0.2, 0.25) is 5.91 Å². The number of urea groups is 1. The molecule has 0 saturated carbocycles. The van der Waals surface area contributed by atoms with Gasteiger partial charge >= 0.3 is 6.03 Å². The minimum atomic E-state index is -0.389. The minimum absolute atomic E-state index is 0.0246. The highest BCUT2D eigenvalue weighted by molar-refractivity contribution is 6.30. The van der Waals surface area contributed by atoms with Crippen molar-refractivity contribution in [3.63, 3.8) is 0 Å². The first-order valence-electron chi connectivity index (χ1n) is 11.6. The molecule has 7 nitrogen and oxygen atoms in total. The maximum absolute atomic E-state index is 13.3. The van der Waals surface area contributed by atoms with Gasteiger partial charge in [0.05, 0.1) is 5.92 Å². The number of amides is 4. The van der Waals surface area contributed by atoms with E-state index < -0.39 is 0 Å². The van der Waals surface area contributed by atoms with Crippen LogP contribution in [0.15, 0.2) is 48.5 Å². The topological polar surface area (TPSA) is 73.0 Å². The largest absolute Gasteiger partial charge is 0.341 e. The zero-order chi connectivity index (χ0) is 24.1. The summed E-state index contributed by atoms with van der Waals surface area (Å²) >= 11 is 5.90. The van der Waals surface area contributed by atoms with Gasteiger partial charge in [-0.2, -0.15) is 0 Å². The Balaban J connectivity index is 1.32. The summed E-state index contributed by atoms with van der Waals surface area (Å²) in [7, 11) is 0. The maximum Gasteiger partial charge on any atom is 0.321 e. The van der Waals surface area contributed by atoms with Gasteiger partial charge in [-0.1, -0.05) is 11.6 Å². The van der Waals surface area contributed by atoms with Gasteiger partial charge in [-0.15, -0.1) is 0 Å². The summed E-state index contributed by atoms with van der Waals surface area (Å²) in [5, 5.41) is 3.47. The van der Waals surface area contributed by atoms with E-state index in [-0.39, 0.29) is 29.6 Å². The molecule has 180 valence electrons. The quantitative estimate of drug-likeness (QED) is 0.710. The van der Waals surface area contributed by atoms with Gasteiger partial charge in [-0.05, 0) is 67.8 Å². The SMILES string of the molecule is O=C(Nc1ccc(Cl)cc1)N1CCCN(C(=O)C2CCCN(C(=O)c3ccc(F)cc3)C2)CC1. The molecule has 2 fully saturated rings. The molecule has 2 aliphatic rings. The standard InChI is InChI=1S/C25H28ClFN4O3/c26-20-6-10-22(11-7-20)28-25(34)30-14-2-13-29(15-16-30)24(33)19-3-1-12-31(17-19)23(32)18-4-8-21(27)9-5-18/h4-11,19H,1-3,12-17H2,(H,28,34). The van der Waals surface area contributed by atoms with Gasteiger partial charge in [-0.3, -0.25) is 9.59 Å². The van der Waals surface area contributed by atoms with Crippen molar-refractivity contribution in [2.45, 2.75) is 19.3 Å². The Morgan fingerprint density at radius 2 is 1.47 bits per heavy atom. The lowest BCUT2D eigenvalue weighted by Gasteiger charge is -2.34. The second-order valence-electron chi connectivity index (χ2n) is 8.70. The molecule has 0 aliphatic carbocycles. The van der Waals surface area contributed by atoms with Crippen molar-refractivity contribution >= 4 is 35.1 Å². The second kappa shape index (κ2) is 10.9. The average molecular weight is 487 g/mol. The highest BCUT2D eigenvalue weighted by atomic mass is 35.5. The third kappa shape index (κ3) is 5.86. The smallest absolute Gasteiger partial charge is 0.321 e. The van der Waals surface area contributed by atoms with E-state index in [1.54, 1.807) is 34.1 Å². The van der Waals surface area contributed by atoms with Crippen LogP contribution in [-0.2, 0) is 4.79 Å². The van der Waals surface area contributed by atoms with Crippen LogP contribution in [-0.4, -0.2) is 71.8 Å². The molecule has 2 saturated heterocycles. The molecule has 4 amide bonds. The van der Waals surface area contributed by atoms with Crippen molar-refractivity contribution in [1.82, 2.24) is 14.7 Å². The van der Waals surface area contributed by atoms with Crippen LogP contribution in [0.1, 0.15) is 29.6 Å². The first-order chi connectivity index (χ1) is 16.4. The lowest BCUT2D eigenvalue weighted by molar-refractivity contribution is -0.136. The highest BCUT2D eigenvalue weighted by Gasteiger charge is 2.32. The van der Waals surface area contributed by atoms with Crippen LogP contribution in [0.3, 0.4) is 0 Å². The fourth-order valence-corrected chi connectivity index (χ4v) is 4.60. The number of nitrogens with zero attached hydrogens (tertiary/aromatic N) is 3. The third-order valence-corrected chi connectivity index (χ3v) is 6.59. The predicted octanol–water partition coefficient (Wildman–Crippen LogP) is 4.10. The van der Waals surface area contributed by atoms with Crippen molar-refractivity contribution in [1.29, 1.82) is 0 Å². The summed E-state index contributed by atoms with van der Waals surface area (Å²) < 4.78 is 13.2. The van der Waals surface area contributed by atoms with Gasteiger partial charge in [0.1, 0.15) is 5.82 Å². The number of piperidine rings is 1. The van der Waals surface area contributed by atoms with Gasteiger partial charge in [0.15, 0.2) is 0 Å². The molecule has 2 heterocycles. The van der Waals surface area contributed by atoms with Crippen molar-refractivity contribution in [2.24, 2.45) is 5.92 Å². The molecule has 9 heteroatoms. The number of nitrogens with one attached hydrogen (secondary N) is 1. The molecule has 1 unspecified atom stereocenters. The summed E-state index contributed by atoms with van der Waals surface area (Å²) in [6, 6.07) is 12.2. The number of anilines is 1. The fourth-order valence-electron chi connectivity index (χ4n) is 4.47. The predicted molar refractivity (Wildman–Crippen MR) is 128 cm³/mol. The molecule has 0 bridgehead atoms. The zero-order valence-corrected chi connectivity index (χ0v) is 19.6. The van der Waals surface area contributed by atoms with Crippen LogP contribution >= 0.6 is 11.6 Å². The number of carbonyl (C=O) groups excluding carboxylic acids is 3. The number of likely N-dealkylation sites (tertiary alicyclic amines) is 1. The summed E-state index contributed by atoms with van der Waals surface area (Å²) in [6.45, 7) is 2.96. The number of benzene rings is 2. The van der Waals surface area contributed by atoms with E-state index in [0.29, 0.717) is 62.0 Å². The van der Waals surface area contributed by atoms with Crippen molar-refractivity contribution < 1.29 is 18.8 Å². The normalized spacial score (nSPS) is 18.9. The average Bonchev–Trinajstić information content (AvgIpc) is 3.12. The molecule has 2 aromatic rings. The first kappa shape index (κ1) is 24.0. The van der Waals surface area contributed by atoms with E-state index >= 15 is 0 Å². The minimum Gasteiger partial charge on any atom is -0.341 e. The number of halogens is 2. The zero-order valence-electron chi connectivity index (χ0n) is 18.9. The molecule has 0 radical (unpaired) electrons. The van der Waals surface area contributed by atoms with Gasteiger partial charge in [0, 0.05) is 55.5 Å². The number of rotatable bonds is 3. The molecule has 1 N–H and O–H groups in total. The van der Waals surface area contributed by atoms with Crippen molar-refractivity contribution in [3.8, 4) is 0 Å². The Morgan fingerprint density at radius 1 is 0.824 bits per heavy atom. The Kier molecular flexibility index (Phi) is 7.67. The molecular weight excluding hydrogens is 459 g/mol. The number of carbonyl (C=O) groups is 3. The van der Waals surface area contributed by atoms with E-state index in [0.717, 1.165) is 12.8 Å². The maximum atomic E-state index is 13.3. The van der Waals surface area contributed by atoms with E-state index in [1.807, 2.05) is 4.90 Å². The number of hydrogen-bond donors (Lipinski definition) is 1. The molecule has 4 rings (SSSR count). The number of hydrogen-bond acceptors (Lipinski definition) is 3. The molecule has 0 aromatic heterocycles. The monoisotopic (exact) mass is 486 g/mol. The van der Waals surface area contributed by atoms with Crippen LogP contribution in [0.25, 0.3) is 0 Å². The van der Waals surface area contributed by atoms with Crippen LogP contribution in [0.4, 0.5) is 14.9 Å². The lowest BCUT2D eigenvalue weighted by atomic mass is 9.95. The van der Waals surface area contributed by atoms with Crippen LogP contribution < -0.4 is 5.32 Å². The molecule has 2 aromatic carbocycles. The molecular formula is C25H28ClFN4O3. The van der Waals surface area contributed by atoms with Crippen LogP contribution in [0.2, 0.25) is 5.02 Å². The molecule has 2 aliphatic heterocycles. The Bertz CT molecular complexity index is 1030. The summed E-state index contributed by atoms with van der Waals surface area (Å²) in [4.78, 5) is 44.0. The Morgan fingerprint density at radius 3 is 2.21 bits per heavy atom. The van der Waals surface area contributed by atoms with Gasteiger partial charge in [0.25, 0.3) is 5.91 Å². The van der Waals surface area contributed by atoms with Crippen LogP contribution in [0.5, 0.6) is 0 Å². The highest BCUT2D eigenvalue weighted by Crippen LogP contribution is 2.22. The van der Waals surface area contributed by atoms with Gasteiger partial charge in [-0.25, -0.2) is 9.18 Å². The second-order valence-corrected chi connectivity index (χ2v) is 9.14. The van der Waals surface area contributed by atoms with Crippen LogP contribution in [0, 0.1) is 11.7 Å². The lowest BCUT2D eigenvalue weighted by Crippen LogP contribution is -2.47. The van der Waals surface area contributed by atoms with E-state index in [9.17, 15) is 18.8 Å². The van der Waals surface area contributed by atoms with E-state index in [4.69, 9.17) is 11.6 Å². The summed E-state index contributed by atoms with van der Waals surface area (Å²) in [6.07, 6.45) is 2.15. The first-order valence-corrected chi connectivity index (χ1v) is 11.9. The summed E-state index contributed by atoms with van der Waals surface area (Å²) in [5.41, 5.74) is 1.09. The Hall–Kier alpha value is -3.13. The fraction of sp³-hybridized carbons (Fsp3) is 0.400. The molecule has 1 atom stereocenters. The van der Waals surface area contributed by atoms with E-state index in [2.05, 4.69) is 5.32 Å². The molecule has 0 spiro atoms. The van der Waals surface area contributed by atoms with E-state index in [1.165, 1.54) is 24.3 Å². The van der Waals surface area contributed by atoms with Gasteiger partial charge < -0.3 is 20.0 Å². The molecule has 34 heavy (non-hydrogen) atoms. The summed E-state index contributed by atoms with van der Waals surface area (Å²) in [5.74, 6) is -0.817. The van der Waals surface area contributed by atoms with Crippen molar-refractivity contribution in [2.75, 3.05) is 44.6 Å². The third-order valence-electron chi connectivity index (χ3n) is 6.34. The Labute approximate surface area is 203 Å².